The molecule has 1 heterocycles. The number of nitrogen functional groups attached to an aromatic ring is 1. The van der Waals surface area contributed by atoms with E-state index in [1.54, 1.807) is 18.2 Å². The first-order chi connectivity index (χ1) is 7.66. The van der Waals surface area contributed by atoms with Gasteiger partial charge in [-0.1, -0.05) is 16.8 Å². The van der Waals surface area contributed by atoms with Crippen LogP contribution in [-0.2, 0) is 0 Å². The van der Waals surface area contributed by atoms with Crippen LogP contribution in [0.1, 0.15) is 15.9 Å². The van der Waals surface area contributed by atoms with Gasteiger partial charge in [-0.3, -0.25) is 4.79 Å². The van der Waals surface area contributed by atoms with E-state index in [-0.39, 0.29) is 5.91 Å². The molecule has 0 saturated heterocycles. The summed E-state index contributed by atoms with van der Waals surface area (Å²) >= 11 is 0. The number of aryl methyl sites for hydroxylation is 1. The summed E-state index contributed by atoms with van der Waals surface area (Å²) in [4.78, 5) is 11.8. The van der Waals surface area contributed by atoms with Gasteiger partial charge in [0, 0.05) is 11.8 Å². The summed E-state index contributed by atoms with van der Waals surface area (Å²) in [6, 6.07) is 6.84. The minimum absolute atomic E-state index is 0.296. The Morgan fingerprint density at radius 2 is 2.25 bits per heavy atom. The van der Waals surface area contributed by atoms with Crippen LogP contribution in [0.4, 0.5) is 11.5 Å². The molecule has 2 rings (SSSR count). The third kappa shape index (κ3) is 2.03. The zero-order chi connectivity index (χ0) is 11.5. The van der Waals surface area contributed by atoms with Crippen molar-refractivity contribution in [2.75, 3.05) is 11.1 Å². The fourth-order valence-corrected chi connectivity index (χ4v) is 1.33. The van der Waals surface area contributed by atoms with Gasteiger partial charge >= 0.3 is 0 Å². The molecule has 1 amide bonds. The van der Waals surface area contributed by atoms with Gasteiger partial charge in [-0.05, 0) is 19.1 Å². The number of rotatable bonds is 2. The molecule has 16 heavy (non-hydrogen) atoms. The van der Waals surface area contributed by atoms with Crippen molar-refractivity contribution in [2.45, 2.75) is 6.92 Å². The number of hydrogen-bond acceptors (Lipinski definition) is 4. The summed E-state index contributed by atoms with van der Waals surface area (Å²) in [5, 5.41) is 6.17. The number of hydrogen-bond donors (Lipinski definition) is 2. The normalized spacial score (nSPS) is 10.1. The van der Waals surface area contributed by atoms with Crippen molar-refractivity contribution < 1.29 is 9.32 Å². The number of aromatic nitrogens is 1. The molecule has 0 spiro atoms. The predicted molar refractivity (Wildman–Crippen MR) is 60.0 cm³/mol. The van der Waals surface area contributed by atoms with E-state index in [9.17, 15) is 4.79 Å². The van der Waals surface area contributed by atoms with Crippen molar-refractivity contribution in [3.05, 3.63) is 41.7 Å². The molecule has 3 N–H and O–H groups in total. The topological polar surface area (TPSA) is 81.2 Å². The van der Waals surface area contributed by atoms with Crippen molar-refractivity contribution in [3.63, 3.8) is 0 Å². The summed E-state index contributed by atoms with van der Waals surface area (Å²) in [5.41, 5.74) is 7.56. The van der Waals surface area contributed by atoms with Gasteiger partial charge in [0.05, 0.1) is 5.56 Å². The van der Waals surface area contributed by atoms with Gasteiger partial charge in [-0.25, -0.2) is 0 Å². The number of amides is 1. The van der Waals surface area contributed by atoms with E-state index < -0.39 is 0 Å². The molecule has 1 aromatic heterocycles. The van der Waals surface area contributed by atoms with Crippen LogP contribution < -0.4 is 11.1 Å². The molecule has 0 radical (unpaired) electrons. The molecule has 0 aliphatic rings. The molecule has 82 valence electrons. The largest absolute Gasteiger partial charge is 0.398 e. The Morgan fingerprint density at radius 3 is 2.94 bits per heavy atom. The second-order valence-electron chi connectivity index (χ2n) is 3.43. The van der Waals surface area contributed by atoms with Gasteiger partial charge in [-0.2, -0.15) is 0 Å². The van der Waals surface area contributed by atoms with Gasteiger partial charge in [0.25, 0.3) is 5.91 Å². The summed E-state index contributed by atoms with van der Waals surface area (Å²) in [5.74, 6) is 0.0704. The molecule has 5 nitrogen and oxygen atoms in total. The highest BCUT2D eigenvalue weighted by atomic mass is 16.5. The lowest BCUT2D eigenvalue weighted by Crippen LogP contribution is -2.14. The van der Waals surface area contributed by atoms with Crippen LogP contribution in [0.25, 0.3) is 0 Å². The van der Waals surface area contributed by atoms with E-state index in [1.807, 2.05) is 13.0 Å². The zero-order valence-corrected chi connectivity index (χ0v) is 8.73. The smallest absolute Gasteiger partial charge is 0.259 e. The first-order valence-corrected chi connectivity index (χ1v) is 4.74. The number of nitrogens with one attached hydrogen (secondary N) is 1. The van der Waals surface area contributed by atoms with E-state index in [1.165, 1.54) is 6.26 Å². The number of carbonyl (C=O) groups excluding carboxylic acids is 1. The summed E-state index contributed by atoms with van der Waals surface area (Å²) in [6.45, 7) is 1.90. The van der Waals surface area contributed by atoms with Crippen LogP contribution >= 0.6 is 0 Å². The van der Waals surface area contributed by atoms with Crippen LogP contribution in [0.15, 0.2) is 35.1 Å². The van der Waals surface area contributed by atoms with Crippen LogP contribution in [0.2, 0.25) is 0 Å². The number of carbonyl (C=O) groups is 1. The van der Waals surface area contributed by atoms with E-state index in [0.29, 0.717) is 17.1 Å². The zero-order valence-electron chi connectivity index (χ0n) is 8.73. The molecule has 0 bridgehead atoms. The SMILES string of the molecule is Cc1ccc(N)c(C(=O)Nc2ccon2)c1. The van der Waals surface area contributed by atoms with Crippen molar-refractivity contribution >= 4 is 17.4 Å². The molecule has 0 atom stereocenters. The van der Waals surface area contributed by atoms with E-state index in [2.05, 4.69) is 15.0 Å². The number of anilines is 2. The Labute approximate surface area is 92.2 Å². The highest BCUT2D eigenvalue weighted by Crippen LogP contribution is 2.15. The van der Waals surface area contributed by atoms with Gasteiger partial charge < -0.3 is 15.6 Å². The minimum atomic E-state index is -0.296. The molecule has 0 aliphatic heterocycles. The average Bonchev–Trinajstić information content (AvgIpc) is 2.74. The van der Waals surface area contributed by atoms with Crippen molar-refractivity contribution in [1.29, 1.82) is 0 Å². The van der Waals surface area contributed by atoms with Crippen LogP contribution in [0, 0.1) is 6.92 Å². The quantitative estimate of drug-likeness (QED) is 0.752. The lowest BCUT2D eigenvalue weighted by Gasteiger charge is -2.05. The van der Waals surface area contributed by atoms with Crippen molar-refractivity contribution in [3.8, 4) is 0 Å². The number of nitrogens with two attached hydrogens (primary N) is 1. The van der Waals surface area contributed by atoms with Gasteiger partial charge in [0.15, 0.2) is 5.82 Å². The fourth-order valence-electron chi connectivity index (χ4n) is 1.33. The summed E-state index contributed by atoms with van der Waals surface area (Å²) in [7, 11) is 0. The van der Waals surface area contributed by atoms with E-state index in [0.717, 1.165) is 5.56 Å². The average molecular weight is 217 g/mol. The highest BCUT2D eigenvalue weighted by molar-refractivity contribution is 6.07. The fraction of sp³-hybridized carbons (Fsp3) is 0.0909. The maximum Gasteiger partial charge on any atom is 0.259 e. The molecule has 0 saturated carbocycles. The van der Waals surface area contributed by atoms with Gasteiger partial charge in [-0.15, -0.1) is 0 Å². The van der Waals surface area contributed by atoms with Crippen LogP contribution in [0.5, 0.6) is 0 Å². The molecule has 1 aromatic carbocycles. The molecule has 0 aliphatic carbocycles. The third-order valence-electron chi connectivity index (χ3n) is 2.13. The Kier molecular flexibility index (Phi) is 2.59. The maximum absolute atomic E-state index is 11.8. The summed E-state index contributed by atoms with van der Waals surface area (Å²) < 4.78 is 4.61. The van der Waals surface area contributed by atoms with E-state index >= 15 is 0 Å². The number of nitrogens with zero attached hydrogens (tertiary/aromatic N) is 1. The Hall–Kier alpha value is -2.30. The third-order valence-corrected chi connectivity index (χ3v) is 2.13. The van der Waals surface area contributed by atoms with Gasteiger partial charge in [0.2, 0.25) is 0 Å². The highest BCUT2D eigenvalue weighted by Gasteiger charge is 2.11. The Balaban J connectivity index is 2.24. The first kappa shape index (κ1) is 10.2. The summed E-state index contributed by atoms with van der Waals surface area (Å²) in [6.07, 6.45) is 1.38. The molecule has 5 heteroatoms. The van der Waals surface area contributed by atoms with Crippen molar-refractivity contribution in [2.24, 2.45) is 0 Å². The maximum atomic E-state index is 11.8. The first-order valence-electron chi connectivity index (χ1n) is 4.74. The molecule has 0 unspecified atom stereocenters. The lowest BCUT2D eigenvalue weighted by molar-refractivity contribution is 0.102. The Morgan fingerprint density at radius 1 is 1.44 bits per heavy atom. The molecular weight excluding hydrogens is 206 g/mol. The predicted octanol–water partition coefficient (Wildman–Crippen LogP) is 1.82. The standard InChI is InChI=1S/C11H11N3O2/c1-7-2-3-9(12)8(6-7)11(15)13-10-4-5-16-14-10/h2-6H,12H2,1H3,(H,13,14,15). The van der Waals surface area contributed by atoms with Crippen LogP contribution in [0.3, 0.4) is 0 Å². The molecule has 0 fully saturated rings. The monoisotopic (exact) mass is 217 g/mol. The molecular formula is C11H11N3O2. The van der Waals surface area contributed by atoms with Crippen LogP contribution in [-0.4, -0.2) is 11.1 Å². The second kappa shape index (κ2) is 4.06. The minimum Gasteiger partial charge on any atom is -0.398 e. The van der Waals surface area contributed by atoms with Gasteiger partial charge in [0.1, 0.15) is 6.26 Å². The Bertz CT molecular complexity index is 506. The molecule has 2 aromatic rings. The lowest BCUT2D eigenvalue weighted by atomic mass is 10.1. The number of benzene rings is 1. The van der Waals surface area contributed by atoms with Crippen molar-refractivity contribution in [1.82, 2.24) is 5.16 Å². The van der Waals surface area contributed by atoms with E-state index in [4.69, 9.17) is 5.73 Å². The second-order valence-corrected chi connectivity index (χ2v) is 3.43.